The van der Waals surface area contributed by atoms with Gasteiger partial charge in [0.15, 0.2) is 0 Å². The van der Waals surface area contributed by atoms with E-state index in [1.807, 2.05) is 0 Å². The molecule has 1 aliphatic heterocycles. The summed E-state index contributed by atoms with van der Waals surface area (Å²) in [6, 6.07) is 3.43. The summed E-state index contributed by atoms with van der Waals surface area (Å²) in [4.78, 5) is 0.0400. The van der Waals surface area contributed by atoms with E-state index in [-0.39, 0.29) is 29.0 Å². The molecular weight excluding hydrogens is 256 g/mol. The molecule has 1 unspecified atom stereocenters. The highest BCUT2D eigenvalue weighted by Gasteiger charge is 2.34. The van der Waals surface area contributed by atoms with Crippen molar-refractivity contribution in [2.75, 3.05) is 18.9 Å². The minimum absolute atomic E-state index is 0.0239. The number of benzene rings is 1. The zero-order valence-corrected chi connectivity index (χ0v) is 10.6. The Labute approximate surface area is 106 Å². The Hall–Kier alpha value is -1.31. The first-order valence-electron chi connectivity index (χ1n) is 5.68. The topological polar surface area (TPSA) is 104 Å². The number of phenolic OH excluding ortho intramolecular Hbond substituents is 1. The zero-order chi connectivity index (χ0) is 13.3. The fourth-order valence-corrected chi connectivity index (χ4v) is 3.86. The van der Waals surface area contributed by atoms with Crippen LogP contribution < -0.4 is 5.73 Å². The number of nitrogen functional groups attached to an aromatic ring is 1. The monoisotopic (exact) mass is 272 g/mol. The van der Waals surface area contributed by atoms with Gasteiger partial charge in [-0.2, -0.15) is 4.31 Å². The molecule has 1 atom stereocenters. The summed E-state index contributed by atoms with van der Waals surface area (Å²) in [7, 11) is -3.66. The lowest BCUT2D eigenvalue weighted by Crippen LogP contribution is -2.37. The maximum atomic E-state index is 12.3. The molecule has 1 aromatic carbocycles. The molecule has 100 valence electrons. The van der Waals surface area contributed by atoms with Crippen molar-refractivity contribution in [1.82, 2.24) is 4.31 Å². The highest BCUT2D eigenvalue weighted by atomic mass is 32.2. The van der Waals surface area contributed by atoms with Crippen LogP contribution in [0.3, 0.4) is 0 Å². The van der Waals surface area contributed by atoms with Crippen molar-refractivity contribution >= 4 is 15.7 Å². The number of aliphatic hydroxyl groups excluding tert-OH is 1. The normalized spacial score (nSPS) is 21.3. The Morgan fingerprint density at radius 2 is 2.17 bits per heavy atom. The average Bonchev–Trinajstić information content (AvgIpc) is 2.81. The minimum Gasteiger partial charge on any atom is -0.506 e. The fraction of sp³-hybridized carbons (Fsp3) is 0.455. The average molecular weight is 272 g/mol. The molecule has 2 rings (SSSR count). The van der Waals surface area contributed by atoms with Crippen LogP contribution in [-0.4, -0.2) is 42.1 Å². The molecule has 0 radical (unpaired) electrons. The summed E-state index contributed by atoms with van der Waals surface area (Å²) in [6.45, 7) is 0.209. The number of anilines is 1. The van der Waals surface area contributed by atoms with Crippen molar-refractivity contribution in [3.05, 3.63) is 18.2 Å². The van der Waals surface area contributed by atoms with Crippen LogP contribution in [0.2, 0.25) is 0 Å². The summed E-state index contributed by atoms with van der Waals surface area (Å²) in [6.07, 6.45) is 1.39. The van der Waals surface area contributed by atoms with Gasteiger partial charge in [0.2, 0.25) is 10.0 Å². The molecular formula is C11H16N2O4S. The molecule has 1 heterocycles. The Balaban J connectivity index is 2.38. The van der Waals surface area contributed by atoms with Crippen molar-refractivity contribution in [2.24, 2.45) is 0 Å². The first-order chi connectivity index (χ1) is 8.46. The Morgan fingerprint density at radius 1 is 1.44 bits per heavy atom. The van der Waals surface area contributed by atoms with Gasteiger partial charge in [-0.15, -0.1) is 0 Å². The third kappa shape index (κ3) is 2.16. The van der Waals surface area contributed by atoms with Crippen LogP contribution >= 0.6 is 0 Å². The van der Waals surface area contributed by atoms with Gasteiger partial charge in [0.25, 0.3) is 0 Å². The number of aromatic hydroxyl groups is 1. The van der Waals surface area contributed by atoms with Crippen molar-refractivity contribution in [3.63, 3.8) is 0 Å². The molecule has 4 N–H and O–H groups in total. The van der Waals surface area contributed by atoms with E-state index in [1.165, 1.54) is 22.5 Å². The molecule has 1 aromatic rings. The highest BCUT2D eigenvalue weighted by molar-refractivity contribution is 7.89. The predicted molar refractivity (Wildman–Crippen MR) is 66.5 cm³/mol. The fourth-order valence-electron chi connectivity index (χ4n) is 2.14. The maximum Gasteiger partial charge on any atom is 0.243 e. The van der Waals surface area contributed by atoms with Gasteiger partial charge >= 0.3 is 0 Å². The largest absolute Gasteiger partial charge is 0.506 e. The first-order valence-corrected chi connectivity index (χ1v) is 7.12. The Morgan fingerprint density at radius 3 is 2.78 bits per heavy atom. The molecule has 0 aliphatic carbocycles. The number of aliphatic hydroxyl groups is 1. The van der Waals surface area contributed by atoms with Gasteiger partial charge in [-0.25, -0.2) is 8.42 Å². The van der Waals surface area contributed by atoms with Gasteiger partial charge in [-0.1, -0.05) is 0 Å². The zero-order valence-electron chi connectivity index (χ0n) is 9.78. The molecule has 6 nitrogen and oxygen atoms in total. The van der Waals surface area contributed by atoms with E-state index in [2.05, 4.69) is 0 Å². The highest BCUT2D eigenvalue weighted by Crippen LogP contribution is 2.29. The summed E-state index contributed by atoms with van der Waals surface area (Å²) in [5, 5.41) is 18.5. The number of sulfonamides is 1. The van der Waals surface area contributed by atoms with Gasteiger partial charge in [0.05, 0.1) is 17.2 Å². The van der Waals surface area contributed by atoms with Crippen LogP contribution in [0.15, 0.2) is 23.1 Å². The number of hydrogen-bond acceptors (Lipinski definition) is 5. The smallest absolute Gasteiger partial charge is 0.243 e. The molecule has 0 saturated carbocycles. The van der Waals surface area contributed by atoms with Gasteiger partial charge < -0.3 is 15.9 Å². The molecule has 0 aromatic heterocycles. The molecule has 7 heteroatoms. The van der Waals surface area contributed by atoms with Gasteiger partial charge in [-0.05, 0) is 31.0 Å². The van der Waals surface area contributed by atoms with Crippen molar-refractivity contribution < 1.29 is 18.6 Å². The van der Waals surface area contributed by atoms with Crippen LogP contribution in [0.25, 0.3) is 0 Å². The van der Waals surface area contributed by atoms with Gasteiger partial charge in [0, 0.05) is 12.6 Å². The number of nitrogens with zero attached hydrogens (tertiary/aromatic N) is 1. The lowest BCUT2D eigenvalue weighted by molar-refractivity contribution is 0.213. The van der Waals surface area contributed by atoms with Crippen molar-refractivity contribution in [2.45, 2.75) is 23.8 Å². The summed E-state index contributed by atoms with van der Waals surface area (Å²) >= 11 is 0. The third-order valence-electron chi connectivity index (χ3n) is 3.14. The van der Waals surface area contributed by atoms with Gasteiger partial charge in [0.1, 0.15) is 5.75 Å². The SMILES string of the molecule is Nc1cc(S(=O)(=O)N2CCCC2CO)ccc1O. The van der Waals surface area contributed by atoms with E-state index < -0.39 is 10.0 Å². The first kappa shape index (κ1) is 13.1. The maximum absolute atomic E-state index is 12.3. The summed E-state index contributed by atoms with van der Waals surface area (Å²) < 4.78 is 26.0. The van der Waals surface area contributed by atoms with Crippen LogP contribution in [0.5, 0.6) is 5.75 Å². The number of hydrogen-bond donors (Lipinski definition) is 3. The summed E-state index contributed by atoms with van der Waals surface area (Å²) in [5.74, 6) is -0.144. The number of rotatable bonds is 3. The van der Waals surface area contributed by atoms with Crippen LogP contribution in [0.4, 0.5) is 5.69 Å². The molecule has 1 fully saturated rings. The molecule has 18 heavy (non-hydrogen) atoms. The van der Waals surface area contributed by atoms with Crippen molar-refractivity contribution in [3.8, 4) is 5.75 Å². The lowest BCUT2D eigenvalue weighted by Gasteiger charge is -2.22. The summed E-state index contributed by atoms with van der Waals surface area (Å²) in [5.41, 5.74) is 5.52. The van der Waals surface area contributed by atoms with Crippen LogP contribution in [-0.2, 0) is 10.0 Å². The Kier molecular flexibility index (Phi) is 3.47. The van der Waals surface area contributed by atoms with E-state index in [0.717, 1.165) is 6.42 Å². The van der Waals surface area contributed by atoms with Crippen LogP contribution in [0.1, 0.15) is 12.8 Å². The second kappa shape index (κ2) is 4.75. The third-order valence-corrected chi connectivity index (χ3v) is 5.09. The second-order valence-electron chi connectivity index (χ2n) is 4.32. The van der Waals surface area contributed by atoms with E-state index in [4.69, 9.17) is 5.73 Å². The van der Waals surface area contributed by atoms with Gasteiger partial charge in [-0.3, -0.25) is 0 Å². The molecule has 0 amide bonds. The van der Waals surface area contributed by atoms with E-state index in [1.54, 1.807) is 0 Å². The Bertz CT molecular complexity index is 544. The van der Waals surface area contributed by atoms with E-state index in [9.17, 15) is 18.6 Å². The molecule has 1 saturated heterocycles. The van der Waals surface area contributed by atoms with E-state index in [0.29, 0.717) is 13.0 Å². The number of nitrogens with two attached hydrogens (primary N) is 1. The molecule has 0 spiro atoms. The molecule has 0 bridgehead atoms. The molecule has 1 aliphatic rings. The predicted octanol–water partition coefficient (Wildman–Crippen LogP) is 0.120. The quantitative estimate of drug-likeness (QED) is 0.535. The van der Waals surface area contributed by atoms with Crippen LogP contribution in [0, 0.1) is 0 Å². The second-order valence-corrected chi connectivity index (χ2v) is 6.21. The lowest BCUT2D eigenvalue weighted by atomic mass is 10.2. The number of phenols is 1. The standard InChI is InChI=1S/C11H16N2O4S/c12-10-6-9(3-4-11(10)15)18(16,17)13-5-1-2-8(13)7-14/h3-4,6,8,14-15H,1-2,5,7,12H2. The minimum atomic E-state index is -3.66. The van der Waals surface area contributed by atoms with Crippen molar-refractivity contribution in [1.29, 1.82) is 0 Å². The van der Waals surface area contributed by atoms with E-state index >= 15 is 0 Å².